The van der Waals surface area contributed by atoms with Crippen LogP contribution in [0, 0.1) is 5.82 Å². The van der Waals surface area contributed by atoms with Gasteiger partial charge in [0.25, 0.3) is 10.0 Å². The number of halogens is 2. The van der Waals surface area contributed by atoms with Crippen LogP contribution in [0.4, 0.5) is 15.9 Å². The summed E-state index contributed by atoms with van der Waals surface area (Å²) in [7, 11) is -7.17. The molecular weight excluding hydrogens is 627 g/mol. The second kappa shape index (κ2) is 12.5. The van der Waals surface area contributed by atoms with Crippen molar-refractivity contribution in [3.63, 3.8) is 0 Å². The van der Waals surface area contributed by atoms with E-state index in [1.165, 1.54) is 36.6 Å². The lowest BCUT2D eigenvalue weighted by Gasteiger charge is -2.24. The molecule has 44 heavy (non-hydrogen) atoms. The van der Waals surface area contributed by atoms with Crippen molar-refractivity contribution in [3.8, 4) is 11.3 Å². The normalized spacial score (nSPS) is 16.0. The number of imidazole rings is 1. The minimum absolute atomic E-state index is 0.0158. The molecule has 234 valence electrons. The fourth-order valence-electron chi connectivity index (χ4n) is 5.29. The van der Waals surface area contributed by atoms with E-state index in [2.05, 4.69) is 21.1 Å². The van der Waals surface area contributed by atoms with Gasteiger partial charge in [-0.15, -0.1) is 0 Å². The highest BCUT2D eigenvalue weighted by Crippen LogP contribution is 2.37. The third-order valence-electron chi connectivity index (χ3n) is 7.49. The van der Waals surface area contributed by atoms with E-state index in [9.17, 15) is 16.8 Å². The van der Waals surface area contributed by atoms with Crippen LogP contribution in [-0.4, -0.2) is 55.8 Å². The van der Waals surface area contributed by atoms with Crippen molar-refractivity contribution in [2.24, 2.45) is 0 Å². The van der Waals surface area contributed by atoms with Crippen LogP contribution >= 0.6 is 11.6 Å². The minimum Gasteiger partial charge on any atom is -0.382 e. The van der Waals surface area contributed by atoms with Gasteiger partial charge in [-0.05, 0) is 49.1 Å². The van der Waals surface area contributed by atoms with Gasteiger partial charge in [0, 0.05) is 30.3 Å². The zero-order chi connectivity index (χ0) is 31.8. The first-order valence-corrected chi connectivity index (χ1v) is 18.0. The van der Waals surface area contributed by atoms with Gasteiger partial charge in [0.1, 0.15) is 43.4 Å². The predicted molar refractivity (Wildman–Crippen MR) is 172 cm³/mol. The quantitative estimate of drug-likeness (QED) is 0.208. The van der Waals surface area contributed by atoms with E-state index in [1.54, 1.807) is 18.3 Å². The Balaban J connectivity index is 1.49. The maximum absolute atomic E-state index is 15.4. The number of sulfonamides is 1. The Bertz CT molecular complexity index is 1980. The highest BCUT2D eigenvalue weighted by atomic mass is 35.5. The highest BCUT2D eigenvalue weighted by Gasteiger charge is 2.25. The summed E-state index contributed by atoms with van der Waals surface area (Å²) in [6, 6.07) is 10.2. The molecule has 4 N–H and O–H groups in total. The van der Waals surface area contributed by atoms with Gasteiger partial charge in [0.15, 0.2) is 0 Å². The molecule has 4 aromatic rings. The third kappa shape index (κ3) is 6.75. The molecule has 2 aromatic carbocycles. The summed E-state index contributed by atoms with van der Waals surface area (Å²) >= 11 is 6.06. The number of nitrogens with one attached hydrogen (secondary N) is 2. The lowest BCUT2D eigenvalue weighted by atomic mass is 9.93. The smallest absolute Gasteiger partial charge is 0.263 e. The molecule has 0 unspecified atom stereocenters. The molecule has 0 amide bonds. The molecule has 1 aliphatic rings. The summed E-state index contributed by atoms with van der Waals surface area (Å²) < 4.78 is 68.4. The van der Waals surface area contributed by atoms with Gasteiger partial charge in [-0.1, -0.05) is 49.7 Å². The largest absolute Gasteiger partial charge is 0.382 e. The maximum Gasteiger partial charge on any atom is 0.263 e. The van der Waals surface area contributed by atoms with E-state index in [1.807, 2.05) is 18.2 Å². The standard InChI is InChI=1S/C30H34ClFN6O4S2/c1-18(2)30-36-27(20-10-13-24(23(32)16-20)37-44(41,42)26-7-5-4-6-22(26)31)28-29(33)35-17-25(38(28)30)19-8-11-21(12-9-19)34-14-15-43(3,39)40/h4-8,10,13,16-18,21,34,37H,9,11-12,14-15H2,1-3H3,(H2,33,35)/t21-/m0/s1. The van der Waals surface area contributed by atoms with Crippen molar-refractivity contribution < 1.29 is 21.2 Å². The zero-order valence-electron chi connectivity index (χ0n) is 24.5. The number of benzene rings is 2. The third-order valence-corrected chi connectivity index (χ3v) is 10.3. The molecule has 0 aliphatic heterocycles. The summed E-state index contributed by atoms with van der Waals surface area (Å²) in [6.45, 7) is 4.41. The first kappa shape index (κ1) is 31.9. The van der Waals surface area contributed by atoms with Gasteiger partial charge >= 0.3 is 0 Å². The van der Waals surface area contributed by atoms with Crippen LogP contribution in [0.5, 0.6) is 0 Å². The Labute approximate surface area is 261 Å². The summed E-state index contributed by atoms with van der Waals surface area (Å²) in [4.78, 5) is 9.18. The zero-order valence-corrected chi connectivity index (χ0v) is 26.9. The first-order chi connectivity index (χ1) is 20.7. The Morgan fingerprint density at radius 2 is 1.91 bits per heavy atom. The van der Waals surface area contributed by atoms with E-state index in [4.69, 9.17) is 22.3 Å². The molecule has 2 heterocycles. The SMILES string of the molecule is CC(C)c1nc(-c2ccc(NS(=O)(=O)c3ccccc3Cl)c(F)c2)c2c(N)ncc(C3=CC[C@H](NCCS(C)(=O)=O)CC3)n12. The number of nitrogens with two attached hydrogens (primary N) is 1. The van der Waals surface area contributed by atoms with Crippen LogP contribution in [0.25, 0.3) is 22.3 Å². The Kier molecular flexibility index (Phi) is 9.04. The molecule has 14 heteroatoms. The summed E-state index contributed by atoms with van der Waals surface area (Å²) in [5.74, 6) is 0.226. The second-order valence-electron chi connectivity index (χ2n) is 11.2. The van der Waals surface area contributed by atoms with Gasteiger partial charge in [-0.2, -0.15) is 0 Å². The van der Waals surface area contributed by atoms with E-state index in [0.29, 0.717) is 23.3 Å². The van der Waals surface area contributed by atoms with Crippen LogP contribution in [0.15, 0.2) is 59.6 Å². The molecule has 0 saturated heterocycles. The summed E-state index contributed by atoms with van der Waals surface area (Å²) in [5.41, 5.74) is 9.42. The molecule has 0 bridgehead atoms. The number of allylic oxidation sites excluding steroid dienone is 1. The number of sulfone groups is 1. The fraction of sp³-hybridized carbons (Fsp3) is 0.333. The van der Waals surface area contributed by atoms with E-state index in [-0.39, 0.29) is 39.1 Å². The number of hydrogen-bond acceptors (Lipinski definition) is 8. The molecular formula is C30H34ClFN6O4S2. The lowest BCUT2D eigenvalue weighted by molar-refractivity contribution is 0.491. The Morgan fingerprint density at radius 3 is 2.55 bits per heavy atom. The van der Waals surface area contributed by atoms with Crippen molar-refractivity contribution in [3.05, 3.63) is 77.1 Å². The molecule has 0 spiro atoms. The van der Waals surface area contributed by atoms with Gasteiger partial charge in [0.2, 0.25) is 0 Å². The average Bonchev–Trinajstić information content (AvgIpc) is 3.36. The number of nitrogens with zero attached hydrogens (tertiary/aromatic N) is 3. The van der Waals surface area contributed by atoms with Crippen LogP contribution in [0.1, 0.15) is 50.5 Å². The van der Waals surface area contributed by atoms with Crippen molar-refractivity contribution in [1.29, 1.82) is 0 Å². The Morgan fingerprint density at radius 1 is 1.16 bits per heavy atom. The monoisotopic (exact) mass is 660 g/mol. The van der Waals surface area contributed by atoms with Crippen molar-refractivity contribution in [1.82, 2.24) is 19.7 Å². The molecule has 1 atom stereocenters. The minimum atomic E-state index is -4.14. The highest BCUT2D eigenvalue weighted by molar-refractivity contribution is 7.92. The number of anilines is 2. The van der Waals surface area contributed by atoms with E-state index >= 15 is 4.39 Å². The number of hydrogen-bond donors (Lipinski definition) is 3. The second-order valence-corrected chi connectivity index (χ2v) is 15.5. The number of fused-ring (bicyclic) bond motifs is 1. The molecule has 2 aromatic heterocycles. The first-order valence-electron chi connectivity index (χ1n) is 14.1. The lowest BCUT2D eigenvalue weighted by Crippen LogP contribution is -2.34. The van der Waals surface area contributed by atoms with Crippen molar-refractivity contribution in [2.75, 3.05) is 29.0 Å². The number of nitrogen functional groups attached to an aromatic ring is 1. The molecule has 10 nitrogen and oxygen atoms in total. The predicted octanol–water partition coefficient (Wildman–Crippen LogP) is 5.27. The van der Waals surface area contributed by atoms with Crippen LogP contribution in [-0.2, 0) is 19.9 Å². The molecule has 1 aliphatic carbocycles. The molecule has 5 rings (SSSR count). The Hall–Kier alpha value is -3.52. The topological polar surface area (TPSA) is 149 Å². The van der Waals surface area contributed by atoms with E-state index in [0.717, 1.165) is 36.4 Å². The molecule has 0 radical (unpaired) electrons. The van der Waals surface area contributed by atoms with E-state index < -0.39 is 25.7 Å². The van der Waals surface area contributed by atoms with Crippen molar-refractivity contribution in [2.45, 2.75) is 50.0 Å². The van der Waals surface area contributed by atoms with Crippen LogP contribution in [0.2, 0.25) is 5.02 Å². The van der Waals surface area contributed by atoms with Crippen LogP contribution in [0.3, 0.4) is 0 Å². The van der Waals surface area contributed by atoms with Crippen molar-refractivity contribution >= 4 is 54.1 Å². The van der Waals surface area contributed by atoms with Gasteiger partial charge in [0.05, 0.1) is 28.4 Å². The fourth-order valence-corrected chi connectivity index (χ4v) is 7.37. The number of aromatic nitrogens is 3. The van der Waals surface area contributed by atoms with Gasteiger partial charge in [-0.3, -0.25) is 9.12 Å². The summed E-state index contributed by atoms with van der Waals surface area (Å²) in [6.07, 6.45) is 7.34. The average molecular weight is 661 g/mol. The maximum atomic E-state index is 15.4. The summed E-state index contributed by atoms with van der Waals surface area (Å²) in [5, 5.41) is 3.35. The molecule has 0 saturated carbocycles. The number of rotatable bonds is 10. The van der Waals surface area contributed by atoms with Gasteiger partial charge in [-0.25, -0.2) is 31.2 Å². The van der Waals surface area contributed by atoms with Gasteiger partial charge < -0.3 is 11.1 Å². The van der Waals surface area contributed by atoms with Crippen LogP contribution < -0.4 is 15.8 Å². The molecule has 0 fully saturated rings.